The summed E-state index contributed by atoms with van der Waals surface area (Å²) in [6.07, 6.45) is 0.124. The molecule has 1 unspecified atom stereocenters. The van der Waals surface area contributed by atoms with E-state index in [4.69, 9.17) is 10.2 Å². The third-order valence-corrected chi connectivity index (χ3v) is 3.99. The summed E-state index contributed by atoms with van der Waals surface area (Å²) in [5, 5.41) is 27.3. The maximum Gasteiger partial charge on any atom is 0.305 e. The third kappa shape index (κ3) is 3.39. The van der Waals surface area contributed by atoms with Crippen molar-refractivity contribution in [1.29, 1.82) is 0 Å². The molecule has 2 aromatic heterocycles. The van der Waals surface area contributed by atoms with Crippen molar-refractivity contribution >= 4 is 29.0 Å². The lowest BCUT2D eigenvalue weighted by Gasteiger charge is -2.28. The molecule has 1 aliphatic rings. The maximum atomic E-state index is 12.7. The summed E-state index contributed by atoms with van der Waals surface area (Å²) in [6.45, 7) is -0.424. The fourth-order valence-electron chi connectivity index (χ4n) is 2.72. The number of anilines is 1. The number of aliphatic hydroxyl groups excluding tert-OH is 2. The Balaban J connectivity index is 2.05. The van der Waals surface area contributed by atoms with Crippen LogP contribution >= 0.6 is 0 Å². The number of carboxylic acid groups (broad SMARTS) is 1. The van der Waals surface area contributed by atoms with E-state index in [0.717, 1.165) is 0 Å². The average molecular weight is 363 g/mol. The van der Waals surface area contributed by atoms with E-state index in [1.165, 1.54) is 15.7 Å². The van der Waals surface area contributed by atoms with Gasteiger partial charge in [0.15, 0.2) is 11.2 Å². The van der Waals surface area contributed by atoms with Crippen molar-refractivity contribution in [3.05, 3.63) is 22.2 Å². The van der Waals surface area contributed by atoms with E-state index < -0.39 is 24.2 Å². The first kappa shape index (κ1) is 17.9. The van der Waals surface area contributed by atoms with Crippen LogP contribution in [0.1, 0.15) is 18.5 Å². The number of hydrogen-bond acceptors (Lipinski definition) is 8. The van der Waals surface area contributed by atoms with Crippen LogP contribution in [0.5, 0.6) is 0 Å². The van der Waals surface area contributed by atoms with Gasteiger partial charge in [0.25, 0.3) is 5.56 Å². The minimum absolute atomic E-state index is 0.0103. The van der Waals surface area contributed by atoms with Crippen LogP contribution in [0.4, 0.5) is 5.95 Å². The number of aliphatic carboxylic acids is 1. The Labute approximate surface area is 146 Å². The van der Waals surface area contributed by atoms with E-state index in [9.17, 15) is 19.5 Å². The lowest BCUT2D eigenvalue weighted by Crippen LogP contribution is -2.43. The fourth-order valence-corrected chi connectivity index (χ4v) is 2.72. The zero-order chi connectivity index (χ0) is 18.8. The lowest BCUT2D eigenvalue weighted by molar-refractivity contribution is -0.136. The molecule has 1 amide bonds. The van der Waals surface area contributed by atoms with Gasteiger partial charge in [-0.15, -0.1) is 0 Å². The fraction of sp³-hybridized carbons (Fsp3) is 0.467. The van der Waals surface area contributed by atoms with Gasteiger partial charge in [-0.25, -0.2) is 9.97 Å². The molecule has 11 heteroatoms. The standard InChI is InChI=1S/C15H17N5O6/c21-7-9(22)5-8-6-16-13-12(17-8)14(26)20-3-1-10(23)19(15(20)18-13)4-2-11(24)25/h6,9,21-22H,1-5,7H2,(H,24,25). The average Bonchev–Trinajstić information content (AvgIpc) is 2.61. The van der Waals surface area contributed by atoms with Gasteiger partial charge in [0, 0.05) is 25.9 Å². The summed E-state index contributed by atoms with van der Waals surface area (Å²) >= 11 is 0. The number of aliphatic hydroxyl groups is 2. The quantitative estimate of drug-likeness (QED) is 0.543. The molecular weight excluding hydrogens is 346 g/mol. The molecule has 3 N–H and O–H groups in total. The zero-order valence-electron chi connectivity index (χ0n) is 13.7. The molecule has 138 valence electrons. The molecule has 0 saturated heterocycles. The zero-order valence-corrected chi connectivity index (χ0v) is 13.7. The van der Waals surface area contributed by atoms with Crippen LogP contribution < -0.4 is 10.5 Å². The summed E-state index contributed by atoms with van der Waals surface area (Å²) in [5.41, 5.74) is -0.152. The molecule has 0 aliphatic carbocycles. The number of hydrogen-bond donors (Lipinski definition) is 3. The molecule has 1 atom stereocenters. The van der Waals surface area contributed by atoms with Gasteiger partial charge in [0.1, 0.15) is 0 Å². The first-order chi connectivity index (χ1) is 12.4. The highest BCUT2D eigenvalue weighted by Gasteiger charge is 2.28. The van der Waals surface area contributed by atoms with Gasteiger partial charge in [-0.3, -0.25) is 23.9 Å². The van der Waals surface area contributed by atoms with Gasteiger partial charge < -0.3 is 15.3 Å². The molecule has 3 heterocycles. The van der Waals surface area contributed by atoms with Gasteiger partial charge >= 0.3 is 5.97 Å². The molecule has 2 aromatic rings. The molecule has 26 heavy (non-hydrogen) atoms. The van der Waals surface area contributed by atoms with E-state index in [1.54, 1.807) is 0 Å². The molecule has 0 aromatic carbocycles. The number of nitrogens with zero attached hydrogens (tertiary/aromatic N) is 5. The van der Waals surface area contributed by atoms with Crippen molar-refractivity contribution < 1.29 is 24.9 Å². The molecule has 0 fully saturated rings. The molecule has 0 bridgehead atoms. The number of fused-ring (bicyclic) bond motifs is 2. The predicted molar refractivity (Wildman–Crippen MR) is 87.6 cm³/mol. The maximum absolute atomic E-state index is 12.7. The van der Waals surface area contributed by atoms with Crippen LogP contribution in [0.3, 0.4) is 0 Å². The third-order valence-electron chi connectivity index (χ3n) is 3.99. The number of amides is 1. The highest BCUT2D eigenvalue weighted by molar-refractivity contribution is 5.94. The van der Waals surface area contributed by atoms with Crippen LogP contribution in [-0.2, 0) is 22.6 Å². The summed E-state index contributed by atoms with van der Waals surface area (Å²) in [5.74, 6) is -1.32. The summed E-state index contributed by atoms with van der Waals surface area (Å²) < 4.78 is 1.27. The Morgan fingerprint density at radius 2 is 2.08 bits per heavy atom. The van der Waals surface area contributed by atoms with Crippen molar-refractivity contribution in [2.24, 2.45) is 0 Å². The minimum Gasteiger partial charge on any atom is -0.481 e. The van der Waals surface area contributed by atoms with Crippen LogP contribution in [0.15, 0.2) is 11.0 Å². The molecule has 1 aliphatic heterocycles. The van der Waals surface area contributed by atoms with Gasteiger partial charge in [0.05, 0.1) is 31.0 Å². The summed E-state index contributed by atoms with van der Waals surface area (Å²) in [6, 6.07) is 0. The normalized spacial score (nSPS) is 15.2. The second-order valence-corrected chi connectivity index (χ2v) is 5.88. The largest absolute Gasteiger partial charge is 0.481 e. The predicted octanol–water partition coefficient (Wildman–Crippen LogP) is -1.71. The molecule has 0 saturated carbocycles. The Bertz CT molecular complexity index is 927. The number of carbonyl (C=O) groups is 2. The van der Waals surface area contributed by atoms with E-state index in [0.29, 0.717) is 5.69 Å². The number of carboxylic acids is 1. The topological polar surface area (TPSA) is 159 Å². The van der Waals surface area contributed by atoms with Gasteiger partial charge in [-0.1, -0.05) is 0 Å². The molecular formula is C15H17N5O6. The van der Waals surface area contributed by atoms with E-state index >= 15 is 0 Å². The number of rotatable bonds is 6. The summed E-state index contributed by atoms with van der Waals surface area (Å²) in [4.78, 5) is 49.3. The van der Waals surface area contributed by atoms with Crippen molar-refractivity contribution in [2.45, 2.75) is 31.9 Å². The van der Waals surface area contributed by atoms with E-state index in [-0.39, 0.29) is 55.4 Å². The van der Waals surface area contributed by atoms with Crippen molar-refractivity contribution in [1.82, 2.24) is 19.5 Å². The van der Waals surface area contributed by atoms with Crippen molar-refractivity contribution in [3.8, 4) is 0 Å². The molecule has 3 rings (SSSR count). The second-order valence-electron chi connectivity index (χ2n) is 5.88. The molecule has 11 nitrogen and oxygen atoms in total. The Kier molecular flexibility index (Phi) is 4.91. The Morgan fingerprint density at radius 1 is 1.31 bits per heavy atom. The smallest absolute Gasteiger partial charge is 0.305 e. The highest BCUT2D eigenvalue weighted by Crippen LogP contribution is 2.19. The first-order valence-electron chi connectivity index (χ1n) is 7.98. The minimum atomic E-state index is -1.06. The van der Waals surface area contributed by atoms with E-state index in [1.807, 2.05) is 0 Å². The van der Waals surface area contributed by atoms with Gasteiger partial charge in [0.2, 0.25) is 11.9 Å². The van der Waals surface area contributed by atoms with Crippen LogP contribution in [0.2, 0.25) is 0 Å². The number of carbonyl (C=O) groups excluding carboxylic acids is 1. The molecule has 0 radical (unpaired) electrons. The van der Waals surface area contributed by atoms with Crippen LogP contribution in [0, 0.1) is 0 Å². The van der Waals surface area contributed by atoms with Crippen molar-refractivity contribution in [3.63, 3.8) is 0 Å². The second kappa shape index (κ2) is 7.14. The first-order valence-corrected chi connectivity index (χ1v) is 7.98. The van der Waals surface area contributed by atoms with Crippen LogP contribution in [0.25, 0.3) is 11.2 Å². The SMILES string of the molecule is O=C(O)CCN1C(=O)CCn2c1nc1ncc(CC(O)CO)nc1c2=O. The monoisotopic (exact) mass is 363 g/mol. The lowest BCUT2D eigenvalue weighted by atomic mass is 10.2. The Hall–Kier alpha value is -2.92. The summed E-state index contributed by atoms with van der Waals surface area (Å²) in [7, 11) is 0. The van der Waals surface area contributed by atoms with Crippen LogP contribution in [-0.4, -0.2) is 66.0 Å². The Morgan fingerprint density at radius 3 is 2.77 bits per heavy atom. The molecule has 0 spiro atoms. The van der Waals surface area contributed by atoms with Gasteiger partial charge in [-0.2, -0.15) is 4.98 Å². The highest BCUT2D eigenvalue weighted by atomic mass is 16.4. The van der Waals surface area contributed by atoms with E-state index in [2.05, 4.69) is 15.0 Å². The number of aromatic nitrogens is 4. The van der Waals surface area contributed by atoms with Crippen molar-refractivity contribution in [2.75, 3.05) is 18.1 Å². The van der Waals surface area contributed by atoms with Gasteiger partial charge in [-0.05, 0) is 0 Å².